The molecule has 1 fully saturated rings. The van der Waals surface area contributed by atoms with Crippen LogP contribution in [0.25, 0.3) is 0 Å². The fourth-order valence-corrected chi connectivity index (χ4v) is 3.11. The highest BCUT2D eigenvalue weighted by atomic mass is 16.5. The van der Waals surface area contributed by atoms with Crippen LogP contribution in [0.2, 0.25) is 0 Å². The molecule has 2 aromatic rings. The van der Waals surface area contributed by atoms with E-state index in [2.05, 4.69) is 15.0 Å². The Morgan fingerprint density at radius 3 is 2.88 bits per heavy atom. The number of fused-ring (bicyclic) bond motifs is 1. The number of nitrogens with zero attached hydrogens (tertiary/aromatic N) is 5. The van der Waals surface area contributed by atoms with E-state index in [0.29, 0.717) is 25.5 Å². The normalized spacial score (nSPS) is 16.7. The summed E-state index contributed by atoms with van der Waals surface area (Å²) in [6.07, 6.45) is 3.58. The number of piperazine rings is 1. The zero-order valence-corrected chi connectivity index (χ0v) is 14.3. The summed E-state index contributed by atoms with van der Waals surface area (Å²) in [6.45, 7) is 2.46. The van der Waals surface area contributed by atoms with Crippen molar-refractivity contribution in [3.05, 3.63) is 47.3 Å². The molecule has 4 rings (SSSR count). The Balaban J connectivity index is 1.65. The molecule has 2 aliphatic rings. The van der Waals surface area contributed by atoms with Gasteiger partial charge < -0.3 is 14.5 Å². The largest absolute Gasteiger partial charge is 0.481 e. The molecule has 7 heteroatoms. The second kappa shape index (κ2) is 6.16. The van der Waals surface area contributed by atoms with Crippen LogP contribution >= 0.6 is 0 Å². The SMILES string of the molecule is COc1cc2c(cn1)CN=C2c1ccnc(N2CCN(C)C(=O)C2)c1. The lowest BCUT2D eigenvalue weighted by Gasteiger charge is -2.32. The summed E-state index contributed by atoms with van der Waals surface area (Å²) in [4.78, 5) is 29.1. The lowest BCUT2D eigenvalue weighted by Crippen LogP contribution is -2.48. The average molecular weight is 337 g/mol. The van der Waals surface area contributed by atoms with Crippen molar-refractivity contribution in [2.75, 3.05) is 38.7 Å². The number of carbonyl (C=O) groups is 1. The lowest BCUT2D eigenvalue weighted by molar-refractivity contribution is -0.129. The van der Waals surface area contributed by atoms with Gasteiger partial charge in [-0.2, -0.15) is 0 Å². The molecule has 0 radical (unpaired) electrons. The Morgan fingerprint density at radius 1 is 1.20 bits per heavy atom. The van der Waals surface area contributed by atoms with E-state index < -0.39 is 0 Å². The van der Waals surface area contributed by atoms with Gasteiger partial charge in [0.25, 0.3) is 0 Å². The number of methoxy groups -OCH3 is 1. The number of hydrogen-bond donors (Lipinski definition) is 0. The third kappa shape index (κ3) is 2.82. The molecule has 2 aliphatic heterocycles. The van der Waals surface area contributed by atoms with Crippen LogP contribution in [0.4, 0.5) is 5.82 Å². The lowest BCUT2D eigenvalue weighted by atomic mass is 10.0. The van der Waals surface area contributed by atoms with Gasteiger partial charge in [0.05, 0.1) is 25.9 Å². The Morgan fingerprint density at radius 2 is 2.08 bits per heavy atom. The summed E-state index contributed by atoms with van der Waals surface area (Å²) in [5.74, 6) is 1.49. The third-order valence-electron chi connectivity index (χ3n) is 4.63. The molecular weight excluding hydrogens is 318 g/mol. The van der Waals surface area contributed by atoms with Crippen LogP contribution in [0.1, 0.15) is 16.7 Å². The monoisotopic (exact) mass is 337 g/mol. The van der Waals surface area contributed by atoms with Crippen molar-refractivity contribution in [2.45, 2.75) is 6.54 Å². The first-order valence-corrected chi connectivity index (χ1v) is 8.19. The Labute approximate surface area is 146 Å². The van der Waals surface area contributed by atoms with Crippen LogP contribution in [0, 0.1) is 0 Å². The molecule has 0 atom stereocenters. The van der Waals surface area contributed by atoms with E-state index in [1.165, 1.54) is 0 Å². The second-order valence-electron chi connectivity index (χ2n) is 6.19. The van der Waals surface area contributed by atoms with Gasteiger partial charge in [0, 0.05) is 55.3 Å². The first-order chi connectivity index (χ1) is 12.2. The Kier molecular flexibility index (Phi) is 3.83. The molecule has 7 nitrogen and oxygen atoms in total. The molecule has 0 saturated carbocycles. The van der Waals surface area contributed by atoms with Crippen LogP contribution in [0.15, 0.2) is 35.6 Å². The van der Waals surface area contributed by atoms with Crippen molar-refractivity contribution < 1.29 is 9.53 Å². The number of aliphatic imine (C=N–C) groups is 1. The Hall–Kier alpha value is -2.96. The van der Waals surface area contributed by atoms with E-state index >= 15 is 0 Å². The average Bonchev–Trinajstić information content (AvgIpc) is 3.07. The zero-order valence-electron chi connectivity index (χ0n) is 14.3. The summed E-state index contributed by atoms with van der Waals surface area (Å²) < 4.78 is 5.24. The number of pyridine rings is 2. The van der Waals surface area contributed by atoms with Gasteiger partial charge in [-0.05, 0) is 12.1 Å². The predicted octanol–water partition coefficient (Wildman–Crippen LogP) is 1.11. The minimum absolute atomic E-state index is 0.109. The van der Waals surface area contributed by atoms with Crippen LogP contribution in [-0.2, 0) is 11.3 Å². The maximum Gasteiger partial charge on any atom is 0.241 e. The Bertz CT molecular complexity index is 864. The smallest absolute Gasteiger partial charge is 0.241 e. The van der Waals surface area contributed by atoms with Crippen molar-refractivity contribution >= 4 is 17.4 Å². The number of rotatable bonds is 3. The van der Waals surface area contributed by atoms with Gasteiger partial charge in [0.15, 0.2) is 0 Å². The van der Waals surface area contributed by atoms with Gasteiger partial charge in [0.2, 0.25) is 11.8 Å². The first-order valence-electron chi connectivity index (χ1n) is 8.19. The third-order valence-corrected chi connectivity index (χ3v) is 4.63. The number of likely N-dealkylation sites (N-methyl/N-ethyl adjacent to an activating group) is 1. The van der Waals surface area contributed by atoms with E-state index in [1.807, 2.05) is 36.3 Å². The van der Waals surface area contributed by atoms with Gasteiger partial charge in [-0.1, -0.05) is 0 Å². The molecule has 128 valence electrons. The molecule has 0 N–H and O–H groups in total. The van der Waals surface area contributed by atoms with E-state index in [9.17, 15) is 4.79 Å². The first kappa shape index (κ1) is 15.6. The molecule has 0 spiro atoms. The van der Waals surface area contributed by atoms with Crippen LogP contribution in [0.5, 0.6) is 5.88 Å². The number of amides is 1. The minimum atomic E-state index is 0.109. The molecule has 2 aromatic heterocycles. The molecule has 1 amide bonds. The molecule has 0 unspecified atom stereocenters. The molecule has 25 heavy (non-hydrogen) atoms. The minimum Gasteiger partial charge on any atom is -0.481 e. The van der Waals surface area contributed by atoms with E-state index in [1.54, 1.807) is 18.2 Å². The van der Waals surface area contributed by atoms with E-state index in [-0.39, 0.29) is 5.91 Å². The van der Waals surface area contributed by atoms with Crippen molar-refractivity contribution in [3.63, 3.8) is 0 Å². The summed E-state index contributed by atoms with van der Waals surface area (Å²) >= 11 is 0. The van der Waals surface area contributed by atoms with Gasteiger partial charge in [-0.15, -0.1) is 0 Å². The van der Waals surface area contributed by atoms with Crippen molar-refractivity contribution in [1.82, 2.24) is 14.9 Å². The standard InChI is InChI=1S/C18H19N5O2/c1-22-5-6-23(11-17(22)24)15-7-12(3-4-19-15)18-14-8-16(25-2)20-9-13(14)10-21-18/h3-4,7-9H,5-6,10-11H2,1-2H3. The fraction of sp³-hybridized carbons (Fsp3) is 0.333. The van der Waals surface area contributed by atoms with E-state index in [0.717, 1.165) is 34.8 Å². The maximum atomic E-state index is 12.0. The molecule has 4 heterocycles. The highest BCUT2D eigenvalue weighted by Gasteiger charge is 2.24. The quantitative estimate of drug-likeness (QED) is 0.839. The van der Waals surface area contributed by atoms with Gasteiger partial charge in [0.1, 0.15) is 5.82 Å². The van der Waals surface area contributed by atoms with Crippen LogP contribution in [-0.4, -0.2) is 60.3 Å². The summed E-state index contributed by atoms with van der Waals surface area (Å²) in [6, 6.07) is 5.86. The van der Waals surface area contributed by atoms with Crippen molar-refractivity contribution in [3.8, 4) is 5.88 Å². The van der Waals surface area contributed by atoms with Gasteiger partial charge >= 0.3 is 0 Å². The molecule has 0 aliphatic carbocycles. The summed E-state index contributed by atoms with van der Waals surface area (Å²) in [5.41, 5.74) is 4.03. The maximum absolute atomic E-state index is 12.0. The molecule has 0 aromatic carbocycles. The number of ether oxygens (including phenoxy) is 1. The topological polar surface area (TPSA) is 70.9 Å². The van der Waals surface area contributed by atoms with Crippen LogP contribution in [0.3, 0.4) is 0 Å². The summed E-state index contributed by atoms with van der Waals surface area (Å²) in [7, 11) is 3.44. The highest BCUT2D eigenvalue weighted by Crippen LogP contribution is 2.26. The highest BCUT2D eigenvalue weighted by molar-refractivity contribution is 6.15. The predicted molar refractivity (Wildman–Crippen MR) is 94.2 cm³/mol. The molecular formula is C18H19N5O2. The van der Waals surface area contributed by atoms with Crippen LogP contribution < -0.4 is 9.64 Å². The number of hydrogen-bond acceptors (Lipinski definition) is 6. The fourth-order valence-electron chi connectivity index (χ4n) is 3.11. The van der Waals surface area contributed by atoms with Crippen molar-refractivity contribution in [2.24, 2.45) is 4.99 Å². The van der Waals surface area contributed by atoms with Gasteiger partial charge in [-0.25, -0.2) is 9.97 Å². The number of aromatic nitrogens is 2. The van der Waals surface area contributed by atoms with E-state index in [4.69, 9.17) is 4.74 Å². The van der Waals surface area contributed by atoms with Crippen molar-refractivity contribution in [1.29, 1.82) is 0 Å². The molecule has 1 saturated heterocycles. The molecule has 0 bridgehead atoms. The number of carbonyl (C=O) groups excluding carboxylic acids is 1. The second-order valence-corrected chi connectivity index (χ2v) is 6.19. The summed E-state index contributed by atoms with van der Waals surface area (Å²) in [5, 5.41) is 0. The van der Waals surface area contributed by atoms with Gasteiger partial charge in [-0.3, -0.25) is 9.79 Å². The number of anilines is 1. The zero-order chi connectivity index (χ0) is 17.4.